The quantitative estimate of drug-likeness (QED) is 0.798. The zero-order valence-electron chi connectivity index (χ0n) is 13.0. The molecule has 0 aliphatic rings. The highest BCUT2D eigenvalue weighted by Gasteiger charge is 2.26. The van der Waals surface area contributed by atoms with Crippen LogP contribution in [0.4, 0.5) is 5.82 Å². The molecule has 7 nitrogen and oxygen atoms in total. The summed E-state index contributed by atoms with van der Waals surface area (Å²) in [4.78, 5) is 15.9. The van der Waals surface area contributed by atoms with Crippen LogP contribution in [0.1, 0.15) is 13.8 Å². The lowest BCUT2D eigenvalue weighted by Gasteiger charge is -2.23. The van der Waals surface area contributed by atoms with Gasteiger partial charge in [-0.1, -0.05) is 0 Å². The Morgan fingerprint density at radius 3 is 2.38 bits per heavy atom. The fraction of sp³-hybridized carbons (Fsp3) is 0.538. The van der Waals surface area contributed by atoms with Gasteiger partial charge < -0.3 is 10.6 Å². The lowest BCUT2D eigenvalue weighted by molar-refractivity contribution is -0.128. The predicted molar refractivity (Wildman–Crippen MR) is 81.4 cm³/mol. The molecule has 1 heterocycles. The third-order valence-corrected chi connectivity index (χ3v) is 4.87. The van der Waals surface area contributed by atoms with Gasteiger partial charge in [-0.3, -0.25) is 4.79 Å². The van der Waals surface area contributed by atoms with E-state index in [4.69, 9.17) is 0 Å². The first-order valence-corrected chi connectivity index (χ1v) is 7.90. The van der Waals surface area contributed by atoms with E-state index < -0.39 is 15.4 Å². The van der Waals surface area contributed by atoms with Crippen LogP contribution in [0.3, 0.4) is 0 Å². The van der Waals surface area contributed by atoms with Gasteiger partial charge in [0.1, 0.15) is 10.7 Å². The molecule has 2 N–H and O–H groups in total. The van der Waals surface area contributed by atoms with Crippen molar-refractivity contribution in [3.05, 3.63) is 18.3 Å². The number of rotatable bonds is 6. The predicted octanol–water partition coefficient (Wildman–Crippen LogP) is 0.516. The number of carbonyl (C=O) groups is 1. The van der Waals surface area contributed by atoms with Crippen molar-refractivity contribution in [3.63, 3.8) is 0 Å². The van der Waals surface area contributed by atoms with Crippen LogP contribution in [0.2, 0.25) is 0 Å². The standard InChI is InChI=1S/C13H22N4O3S/c1-13(2,12(18)14-3)9-16-11-7-6-10(8-15-11)21(19,20)17(4)5/h6-8H,9H2,1-5H3,(H,14,18)(H,15,16). The Morgan fingerprint density at radius 2 is 1.95 bits per heavy atom. The minimum atomic E-state index is -3.48. The number of nitrogens with zero attached hydrogens (tertiary/aromatic N) is 2. The van der Waals surface area contributed by atoms with E-state index in [1.165, 1.54) is 26.4 Å². The summed E-state index contributed by atoms with van der Waals surface area (Å²) in [6.07, 6.45) is 1.30. The van der Waals surface area contributed by atoms with Crippen molar-refractivity contribution < 1.29 is 13.2 Å². The van der Waals surface area contributed by atoms with Gasteiger partial charge in [-0.25, -0.2) is 17.7 Å². The van der Waals surface area contributed by atoms with E-state index in [2.05, 4.69) is 15.6 Å². The number of hydrogen-bond acceptors (Lipinski definition) is 5. The maximum atomic E-state index is 11.9. The van der Waals surface area contributed by atoms with Gasteiger partial charge in [0.25, 0.3) is 0 Å². The van der Waals surface area contributed by atoms with E-state index in [0.717, 1.165) is 4.31 Å². The summed E-state index contributed by atoms with van der Waals surface area (Å²) in [5.74, 6) is 0.437. The molecule has 21 heavy (non-hydrogen) atoms. The molecular weight excluding hydrogens is 292 g/mol. The van der Waals surface area contributed by atoms with E-state index in [9.17, 15) is 13.2 Å². The van der Waals surface area contributed by atoms with Crippen LogP contribution in [0, 0.1) is 5.41 Å². The molecule has 1 amide bonds. The minimum absolute atomic E-state index is 0.0817. The van der Waals surface area contributed by atoms with Crippen LogP contribution in [-0.4, -0.2) is 51.3 Å². The summed E-state index contributed by atoms with van der Waals surface area (Å²) in [6, 6.07) is 3.06. The maximum Gasteiger partial charge on any atom is 0.244 e. The Balaban J connectivity index is 2.79. The lowest BCUT2D eigenvalue weighted by Crippen LogP contribution is -2.39. The van der Waals surface area contributed by atoms with Gasteiger partial charge in [-0.05, 0) is 26.0 Å². The van der Waals surface area contributed by atoms with Crippen LogP contribution < -0.4 is 10.6 Å². The number of sulfonamides is 1. The molecule has 0 aliphatic carbocycles. The monoisotopic (exact) mass is 314 g/mol. The van der Waals surface area contributed by atoms with Gasteiger partial charge in [0, 0.05) is 33.9 Å². The highest BCUT2D eigenvalue weighted by Crippen LogP contribution is 2.18. The van der Waals surface area contributed by atoms with Crippen LogP contribution in [0.15, 0.2) is 23.2 Å². The Hall–Kier alpha value is -1.67. The lowest BCUT2D eigenvalue weighted by atomic mass is 9.92. The van der Waals surface area contributed by atoms with Crippen LogP contribution >= 0.6 is 0 Å². The first-order chi connectivity index (χ1) is 9.61. The summed E-state index contributed by atoms with van der Waals surface area (Å²) < 4.78 is 24.9. The van der Waals surface area contributed by atoms with Crippen molar-refractivity contribution >= 4 is 21.7 Å². The van der Waals surface area contributed by atoms with Crippen molar-refractivity contribution in [2.24, 2.45) is 5.41 Å². The molecular formula is C13H22N4O3S. The molecule has 118 valence electrons. The SMILES string of the molecule is CNC(=O)C(C)(C)CNc1ccc(S(=O)(=O)N(C)C)cn1. The second kappa shape index (κ2) is 6.40. The molecule has 1 rings (SSSR count). The average molecular weight is 314 g/mol. The fourth-order valence-electron chi connectivity index (χ4n) is 1.58. The number of hydrogen-bond donors (Lipinski definition) is 2. The van der Waals surface area contributed by atoms with Gasteiger partial charge in [-0.15, -0.1) is 0 Å². The number of amides is 1. The number of aromatic nitrogens is 1. The second-order valence-corrected chi connectivity index (χ2v) is 7.63. The Bertz CT molecular complexity index is 594. The maximum absolute atomic E-state index is 11.9. The van der Waals surface area contributed by atoms with Gasteiger partial charge >= 0.3 is 0 Å². The number of carbonyl (C=O) groups excluding carboxylic acids is 1. The second-order valence-electron chi connectivity index (χ2n) is 5.48. The number of nitrogens with one attached hydrogen (secondary N) is 2. The Labute approximate surface area is 125 Å². The topological polar surface area (TPSA) is 91.4 Å². The molecule has 0 aliphatic heterocycles. The van der Waals surface area contributed by atoms with Crippen molar-refractivity contribution in [3.8, 4) is 0 Å². The third-order valence-electron chi connectivity index (χ3n) is 3.07. The molecule has 0 saturated carbocycles. The Morgan fingerprint density at radius 1 is 1.33 bits per heavy atom. The van der Waals surface area contributed by atoms with Crippen molar-refractivity contribution in [1.82, 2.24) is 14.6 Å². The van der Waals surface area contributed by atoms with Crippen molar-refractivity contribution in [2.45, 2.75) is 18.7 Å². The molecule has 0 atom stereocenters. The first-order valence-electron chi connectivity index (χ1n) is 6.46. The van der Waals surface area contributed by atoms with Crippen molar-refractivity contribution in [1.29, 1.82) is 0 Å². The van der Waals surface area contributed by atoms with E-state index in [1.807, 2.05) is 13.8 Å². The zero-order chi connectivity index (χ0) is 16.3. The minimum Gasteiger partial charge on any atom is -0.369 e. The van der Waals surface area contributed by atoms with E-state index >= 15 is 0 Å². The molecule has 0 radical (unpaired) electrons. The summed E-state index contributed by atoms with van der Waals surface area (Å²) in [5.41, 5.74) is -0.592. The zero-order valence-corrected chi connectivity index (χ0v) is 13.8. The van der Waals surface area contributed by atoms with Crippen LogP contribution in [-0.2, 0) is 14.8 Å². The van der Waals surface area contributed by atoms with Gasteiger partial charge in [0.05, 0.1) is 5.41 Å². The fourth-order valence-corrected chi connectivity index (χ4v) is 2.43. The van der Waals surface area contributed by atoms with E-state index in [1.54, 1.807) is 13.1 Å². The molecule has 1 aromatic heterocycles. The summed E-state index contributed by atoms with van der Waals surface area (Å²) in [5, 5.41) is 5.63. The summed E-state index contributed by atoms with van der Waals surface area (Å²) >= 11 is 0. The number of anilines is 1. The molecule has 0 aromatic carbocycles. The van der Waals surface area contributed by atoms with Gasteiger partial charge in [0.15, 0.2) is 0 Å². The molecule has 0 spiro atoms. The summed E-state index contributed by atoms with van der Waals surface area (Å²) in [6.45, 7) is 4.01. The van der Waals surface area contributed by atoms with Crippen molar-refractivity contribution in [2.75, 3.05) is 33.0 Å². The summed E-state index contributed by atoms with van der Waals surface area (Å²) in [7, 11) is 1.04. The third kappa shape index (κ3) is 4.15. The molecule has 0 fully saturated rings. The normalized spacial score (nSPS) is 12.3. The molecule has 0 bridgehead atoms. The van der Waals surface area contributed by atoms with Crippen LogP contribution in [0.25, 0.3) is 0 Å². The van der Waals surface area contributed by atoms with E-state index in [-0.39, 0.29) is 10.8 Å². The highest BCUT2D eigenvalue weighted by molar-refractivity contribution is 7.89. The van der Waals surface area contributed by atoms with E-state index in [0.29, 0.717) is 12.4 Å². The molecule has 0 saturated heterocycles. The highest BCUT2D eigenvalue weighted by atomic mass is 32.2. The average Bonchev–Trinajstić information content (AvgIpc) is 2.44. The van der Waals surface area contributed by atoms with Gasteiger partial charge in [-0.2, -0.15) is 0 Å². The molecule has 8 heteroatoms. The van der Waals surface area contributed by atoms with Crippen LogP contribution in [0.5, 0.6) is 0 Å². The largest absolute Gasteiger partial charge is 0.369 e. The smallest absolute Gasteiger partial charge is 0.244 e. The first kappa shape index (κ1) is 17.4. The number of pyridine rings is 1. The molecule has 1 aromatic rings. The Kier molecular flexibility index (Phi) is 5.30. The van der Waals surface area contributed by atoms with Gasteiger partial charge in [0.2, 0.25) is 15.9 Å². The molecule has 0 unspecified atom stereocenters.